The largest absolute Gasteiger partial charge is 0.489 e. The normalized spacial score (nSPS) is 10.5. The fraction of sp³-hybridized carbons (Fsp3) is 0.182. The minimum absolute atomic E-state index is 0.196. The van der Waals surface area contributed by atoms with Gasteiger partial charge < -0.3 is 9.47 Å². The Morgan fingerprint density at radius 3 is 2.66 bits per heavy atom. The lowest BCUT2D eigenvalue weighted by Gasteiger charge is -2.10. The van der Waals surface area contributed by atoms with Crippen LogP contribution in [0.25, 0.3) is 0 Å². The van der Waals surface area contributed by atoms with Gasteiger partial charge in [-0.15, -0.1) is 11.8 Å². The summed E-state index contributed by atoms with van der Waals surface area (Å²) in [4.78, 5) is 12.0. The minimum atomic E-state index is -0.196. The van der Waals surface area contributed by atoms with Gasteiger partial charge in [0.2, 0.25) is 5.91 Å². The Kier molecular flexibility index (Phi) is 9.89. The second kappa shape index (κ2) is 12.7. The summed E-state index contributed by atoms with van der Waals surface area (Å²) >= 11 is 7.58. The van der Waals surface area contributed by atoms with Crippen molar-refractivity contribution in [2.24, 2.45) is 5.10 Å². The maximum atomic E-state index is 12.0. The first-order chi connectivity index (χ1) is 14.1. The predicted molar refractivity (Wildman–Crippen MR) is 121 cm³/mol. The number of thioether (sulfide) groups is 1. The Bertz CT molecular complexity index is 871. The number of halogens is 1. The second-order valence-electron chi connectivity index (χ2n) is 5.78. The molecule has 0 atom stereocenters. The Morgan fingerprint density at radius 1 is 1.14 bits per heavy atom. The molecule has 152 valence electrons. The monoisotopic (exact) mass is 430 g/mol. The van der Waals surface area contributed by atoms with Crippen LogP contribution in [0.3, 0.4) is 0 Å². The van der Waals surface area contributed by atoms with Gasteiger partial charge in [-0.05, 0) is 23.8 Å². The van der Waals surface area contributed by atoms with E-state index in [2.05, 4.69) is 23.7 Å². The number of rotatable bonds is 12. The van der Waals surface area contributed by atoms with E-state index in [1.807, 2.05) is 24.3 Å². The highest BCUT2D eigenvalue weighted by molar-refractivity contribution is 7.99. The number of carbonyl (C=O) groups excluding carboxylic acids is 1. The molecule has 0 aromatic heterocycles. The van der Waals surface area contributed by atoms with Crippen molar-refractivity contribution < 1.29 is 14.3 Å². The highest BCUT2D eigenvalue weighted by Crippen LogP contribution is 2.24. The highest BCUT2D eigenvalue weighted by Gasteiger charge is 2.06. The zero-order chi connectivity index (χ0) is 20.9. The average Bonchev–Trinajstić information content (AvgIpc) is 2.73. The van der Waals surface area contributed by atoms with Gasteiger partial charge >= 0.3 is 0 Å². The van der Waals surface area contributed by atoms with E-state index in [1.165, 1.54) is 18.0 Å². The molecule has 2 aromatic carbocycles. The van der Waals surface area contributed by atoms with E-state index < -0.39 is 0 Å². The third kappa shape index (κ3) is 8.05. The van der Waals surface area contributed by atoms with Gasteiger partial charge in [-0.3, -0.25) is 4.79 Å². The summed E-state index contributed by atoms with van der Waals surface area (Å²) in [5.41, 5.74) is 4.23. The molecule has 0 aliphatic heterocycles. The van der Waals surface area contributed by atoms with E-state index in [9.17, 15) is 4.79 Å². The lowest BCUT2D eigenvalue weighted by molar-refractivity contribution is -0.118. The SMILES string of the molecule is C=CCOc1ccc(/C=N/NC(=O)CSCc2ccccc2Cl)c(OCC=C)c1. The maximum absolute atomic E-state index is 12.0. The third-order valence-corrected chi connectivity index (χ3v) is 4.90. The van der Waals surface area contributed by atoms with Crippen molar-refractivity contribution in [2.75, 3.05) is 19.0 Å². The molecule has 0 unspecified atom stereocenters. The smallest absolute Gasteiger partial charge is 0.250 e. The van der Waals surface area contributed by atoms with Crippen molar-refractivity contribution >= 4 is 35.5 Å². The van der Waals surface area contributed by atoms with E-state index in [-0.39, 0.29) is 11.7 Å². The third-order valence-electron chi connectivity index (χ3n) is 3.55. The number of nitrogens with zero attached hydrogens (tertiary/aromatic N) is 1. The van der Waals surface area contributed by atoms with E-state index in [0.29, 0.717) is 41.1 Å². The number of carbonyl (C=O) groups is 1. The fourth-order valence-corrected chi connectivity index (χ4v) is 3.32. The lowest BCUT2D eigenvalue weighted by Crippen LogP contribution is -2.19. The standard InChI is InChI=1S/C22H23ClN2O3S/c1-3-11-27-19-10-9-17(21(13-19)28-12-4-2)14-24-25-22(26)16-29-15-18-7-5-6-8-20(18)23/h3-10,13-14H,1-2,11-12,15-16H2,(H,25,26)/b24-14+. The van der Waals surface area contributed by atoms with Gasteiger partial charge in [-0.2, -0.15) is 5.10 Å². The van der Waals surface area contributed by atoms with E-state index in [4.69, 9.17) is 21.1 Å². The number of amides is 1. The van der Waals surface area contributed by atoms with Crippen LogP contribution >= 0.6 is 23.4 Å². The van der Waals surface area contributed by atoms with Gasteiger partial charge in [-0.25, -0.2) is 5.43 Å². The molecule has 29 heavy (non-hydrogen) atoms. The van der Waals surface area contributed by atoms with Gasteiger partial charge in [0.15, 0.2) is 0 Å². The number of hydrogen-bond donors (Lipinski definition) is 1. The van der Waals surface area contributed by atoms with Crippen LogP contribution in [0.1, 0.15) is 11.1 Å². The molecular formula is C22H23ClN2O3S. The van der Waals surface area contributed by atoms with Crippen molar-refractivity contribution in [1.82, 2.24) is 5.43 Å². The van der Waals surface area contributed by atoms with Crippen LogP contribution < -0.4 is 14.9 Å². The zero-order valence-corrected chi connectivity index (χ0v) is 17.5. The molecule has 0 bridgehead atoms. The summed E-state index contributed by atoms with van der Waals surface area (Å²) in [6.07, 6.45) is 4.85. The molecule has 0 saturated heterocycles. The summed E-state index contributed by atoms with van der Waals surface area (Å²) in [7, 11) is 0. The number of ether oxygens (including phenoxy) is 2. The summed E-state index contributed by atoms with van der Waals surface area (Å²) in [6, 6.07) is 12.9. The highest BCUT2D eigenvalue weighted by atomic mass is 35.5. The summed E-state index contributed by atoms with van der Waals surface area (Å²) in [5.74, 6) is 1.97. The first-order valence-electron chi connectivity index (χ1n) is 8.88. The summed E-state index contributed by atoms with van der Waals surface area (Å²) < 4.78 is 11.2. The van der Waals surface area contributed by atoms with E-state index >= 15 is 0 Å². The molecule has 0 radical (unpaired) electrons. The van der Waals surface area contributed by atoms with Crippen LogP contribution in [0.4, 0.5) is 0 Å². The molecule has 7 heteroatoms. The van der Waals surface area contributed by atoms with Gasteiger partial charge in [-0.1, -0.05) is 55.1 Å². The molecule has 1 amide bonds. The Morgan fingerprint density at radius 2 is 1.90 bits per heavy atom. The topological polar surface area (TPSA) is 59.9 Å². The van der Waals surface area contributed by atoms with Crippen LogP contribution in [0.5, 0.6) is 11.5 Å². The first kappa shape index (κ1) is 22.6. The summed E-state index contributed by atoms with van der Waals surface area (Å²) in [5, 5.41) is 4.72. The molecule has 0 fully saturated rings. The molecular weight excluding hydrogens is 408 g/mol. The number of hydrogen-bond acceptors (Lipinski definition) is 5. The molecule has 0 aliphatic carbocycles. The molecule has 0 spiro atoms. The van der Waals surface area contributed by atoms with Crippen LogP contribution in [0, 0.1) is 0 Å². The molecule has 0 heterocycles. The molecule has 0 saturated carbocycles. The molecule has 1 N–H and O–H groups in total. The number of hydrazone groups is 1. The van der Waals surface area contributed by atoms with Crippen LogP contribution in [-0.4, -0.2) is 31.1 Å². The van der Waals surface area contributed by atoms with Crippen molar-refractivity contribution in [2.45, 2.75) is 5.75 Å². The molecule has 0 aliphatic rings. The summed E-state index contributed by atoms with van der Waals surface area (Å²) in [6.45, 7) is 8.02. The average molecular weight is 431 g/mol. The van der Waals surface area contributed by atoms with E-state index in [1.54, 1.807) is 30.4 Å². The maximum Gasteiger partial charge on any atom is 0.250 e. The van der Waals surface area contributed by atoms with Crippen LogP contribution in [0.15, 0.2) is 72.9 Å². The van der Waals surface area contributed by atoms with Crippen molar-refractivity contribution in [3.05, 3.63) is 83.9 Å². The van der Waals surface area contributed by atoms with Gasteiger partial charge in [0, 0.05) is 22.4 Å². The molecule has 5 nitrogen and oxygen atoms in total. The second-order valence-corrected chi connectivity index (χ2v) is 7.17. The lowest BCUT2D eigenvalue weighted by atomic mass is 10.2. The molecule has 2 rings (SSSR count). The number of benzene rings is 2. The van der Waals surface area contributed by atoms with Crippen LogP contribution in [-0.2, 0) is 10.5 Å². The Labute approximate surface area is 180 Å². The van der Waals surface area contributed by atoms with E-state index in [0.717, 1.165) is 5.56 Å². The van der Waals surface area contributed by atoms with Gasteiger partial charge in [0.1, 0.15) is 24.7 Å². The first-order valence-corrected chi connectivity index (χ1v) is 10.4. The van der Waals surface area contributed by atoms with Gasteiger partial charge in [0.05, 0.1) is 12.0 Å². The predicted octanol–water partition coefficient (Wildman–Crippen LogP) is 4.85. The Balaban J connectivity index is 1.88. The molecule has 2 aromatic rings. The van der Waals surface area contributed by atoms with Crippen molar-refractivity contribution in [3.8, 4) is 11.5 Å². The van der Waals surface area contributed by atoms with Crippen molar-refractivity contribution in [1.29, 1.82) is 0 Å². The van der Waals surface area contributed by atoms with Crippen LogP contribution in [0.2, 0.25) is 5.02 Å². The fourth-order valence-electron chi connectivity index (χ4n) is 2.22. The Hall–Kier alpha value is -2.70. The van der Waals surface area contributed by atoms with Crippen molar-refractivity contribution in [3.63, 3.8) is 0 Å². The minimum Gasteiger partial charge on any atom is -0.489 e. The quantitative estimate of drug-likeness (QED) is 0.297. The number of nitrogens with one attached hydrogen (secondary N) is 1. The zero-order valence-electron chi connectivity index (χ0n) is 16.0. The van der Waals surface area contributed by atoms with Gasteiger partial charge in [0.25, 0.3) is 0 Å².